The molecule has 0 spiro atoms. The zero-order valence-corrected chi connectivity index (χ0v) is 14.7. The first-order chi connectivity index (χ1) is 12.3. The highest BCUT2D eigenvalue weighted by atomic mass is 32.2. The molecule has 3 N–H and O–H groups in total. The number of guanidine groups is 1. The van der Waals surface area contributed by atoms with Gasteiger partial charge in [0.25, 0.3) is 0 Å². The van der Waals surface area contributed by atoms with E-state index in [0.29, 0.717) is 24.0 Å². The lowest BCUT2D eigenvalue weighted by atomic mass is 10.4. The summed E-state index contributed by atoms with van der Waals surface area (Å²) in [6.45, 7) is 1.31. The molecule has 0 unspecified atom stereocenters. The molecule has 0 radical (unpaired) electrons. The number of hydrogen-bond donors (Lipinski definition) is 3. The molecular weight excluding hydrogens is 336 g/mol. The fourth-order valence-electron chi connectivity index (χ4n) is 2.13. The lowest BCUT2D eigenvalue weighted by Crippen LogP contribution is -2.38. The molecule has 0 atom stereocenters. The topological polar surface area (TPSA) is 91.1 Å². The molecule has 0 fully saturated rings. The molecule has 25 heavy (non-hydrogen) atoms. The minimum absolute atomic E-state index is 0.499. The van der Waals surface area contributed by atoms with Crippen LogP contribution in [-0.2, 0) is 6.54 Å². The summed E-state index contributed by atoms with van der Waals surface area (Å²) in [5.74, 6) is 3.58. The van der Waals surface area contributed by atoms with Crippen molar-refractivity contribution in [1.29, 1.82) is 0 Å². The van der Waals surface area contributed by atoms with Gasteiger partial charge in [0.1, 0.15) is 5.82 Å². The van der Waals surface area contributed by atoms with Crippen molar-refractivity contribution in [2.45, 2.75) is 11.4 Å². The maximum atomic E-state index is 5.28. The second-order valence-corrected chi connectivity index (χ2v) is 6.27. The molecule has 2 heterocycles. The summed E-state index contributed by atoms with van der Waals surface area (Å²) in [5, 5.41) is 13.5. The number of rotatable bonds is 7. The van der Waals surface area contributed by atoms with E-state index in [4.69, 9.17) is 4.42 Å². The summed E-state index contributed by atoms with van der Waals surface area (Å²) in [4.78, 5) is 9.86. The number of benzene rings is 1. The number of thioether (sulfide) groups is 1. The fraction of sp³-hybridized carbons (Fsp3) is 0.235. The predicted molar refractivity (Wildman–Crippen MR) is 99.5 cm³/mol. The third kappa shape index (κ3) is 5.12. The smallest absolute Gasteiger partial charge is 0.216 e. The van der Waals surface area contributed by atoms with Crippen molar-refractivity contribution >= 4 is 17.7 Å². The zero-order valence-electron chi connectivity index (χ0n) is 13.9. The van der Waals surface area contributed by atoms with Crippen LogP contribution in [-0.4, -0.2) is 40.5 Å². The molecule has 0 aliphatic rings. The Labute approximate surface area is 150 Å². The quantitative estimate of drug-likeness (QED) is 0.261. The Morgan fingerprint density at radius 3 is 2.84 bits per heavy atom. The van der Waals surface area contributed by atoms with E-state index < -0.39 is 0 Å². The second-order valence-electron chi connectivity index (χ2n) is 5.10. The number of aromatic amines is 1. The van der Waals surface area contributed by atoms with Crippen molar-refractivity contribution in [2.24, 2.45) is 4.99 Å². The van der Waals surface area contributed by atoms with Crippen LogP contribution in [0.25, 0.3) is 11.6 Å². The minimum atomic E-state index is 0.499. The molecule has 2 aromatic heterocycles. The Balaban J connectivity index is 1.40. The Hall–Kier alpha value is -2.74. The first-order valence-electron chi connectivity index (χ1n) is 7.92. The van der Waals surface area contributed by atoms with Gasteiger partial charge in [-0.25, -0.2) is 4.98 Å². The molecule has 0 saturated heterocycles. The molecule has 8 heteroatoms. The van der Waals surface area contributed by atoms with Gasteiger partial charge in [-0.3, -0.25) is 10.1 Å². The molecule has 0 aliphatic carbocycles. The van der Waals surface area contributed by atoms with Crippen LogP contribution in [0.4, 0.5) is 0 Å². The molecule has 130 valence electrons. The highest BCUT2D eigenvalue weighted by molar-refractivity contribution is 7.99. The largest absolute Gasteiger partial charge is 0.461 e. The second kappa shape index (κ2) is 8.93. The van der Waals surface area contributed by atoms with E-state index in [1.807, 2.05) is 30.3 Å². The number of aliphatic imine (C=N–C) groups is 1. The third-order valence-corrected chi connectivity index (χ3v) is 4.34. The third-order valence-electron chi connectivity index (χ3n) is 3.33. The Bertz CT molecular complexity index is 785. The van der Waals surface area contributed by atoms with Gasteiger partial charge in [0, 0.05) is 24.2 Å². The summed E-state index contributed by atoms with van der Waals surface area (Å²) in [6.07, 6.45) is 1.60. The highest BCUT2D eigenvalue weighted by Crippen LogP contribution is 2.16. The summed E-state index contributed by atoms with van der Waals surface area (Å²) in [6, 6.07) is 14.0. The van der Waals surface area contributed by atoms with Crippen LogP contribution in [0.1, 0.15) is 5.82 Å². The predicted octanol–water partition coefficient (Wildman–Crippen LogP) is 2.52. The number of nitrogens with zero attached hydrogens (tertiary/aromatic N) is 3. The van der Waals surface area contributed by atoms with Crippen LogP contribution >= 0.6 is 11.8 Å². The standard InChI is InChI=1S/C17H20N6OS/c1-18-17(19-9-11-25-13-6-3-2-4-7-13)20-12-15-21-16(23-22-15)14-8-5-10-24-14/h2-8,10H,9,11-12H2,1H3,(H2,18,19,20)(H,21,22,23). The molecule has 0 amide bonds. The van der Waals surface area contributed by atoms with Crippen LogP contribution < -0.4 is 10.6 Å². The first-order valence-corrected chi connectivity index (χ1v) is 8.91. The van der Waals surface area contributed by atoms with E-state index in [-0.39, 0.29) is 0 Å². The van der Waals surface area contributed by atoms with Gasteiger partial charge in [-0.15, -0.1) is 16.9 Å². The molecule has 3 rings (SSSR count). The summed E-state index contributed by atoms with van der Waals surface area (Å²) in [7, 11) is 1.74. The van der Waals surface area contributed by atoms with E-state index in [9.17, 15) is 0 Å². The van der Waals surface area contributed by atoms with Crippen molar-refractivity contribution in [2.75, 3.05) is 19.3 Å². The Kier molecular flexibility index (Phi) is 6.11. The van der Waals surface area contributed by atoms with Crippen molar-refractivity contribution in [1.82, 2.24) is 25.8 Å². The van der Waals surface area contributed by atoms with Gasteiger partial charge >= 0.3 is 0 Å². The van der Waals surface area contributed by atoms with Gasteiger partial charge in [-0.05, 0) is 24.3 Å². The van der Waals surface area contributed by atoms with Crippen LogP contribution in [0.15, 0.2) is 63.0 Å². The van der Waals surface area contributed by atoms with E-state index >= 15 is 0 Å². The van der Waals surface area contributed by atoms with E-state index in [0.717, 1.165) is 18.3 Å². The van der Waals surface area contributed by atoms with Gasteiger partial charge < -0.3 is 15.1 Å². The molecule has 3 aromatic rings. The number of aromatic nitrogens is 3. The Morgan fingerprint density at radius 2 is 2.08 bits per heavy atom. The van der Waals surface area contributed by atoms with Gasteiger partial charge in [0.05, 0.1) is 12.8 Å². The lowest BCUT2D eigenvalue weighted by Gasteiger charge is -2.10. The monoisotopic (exact) mass is 356 g/mol. The van der Waals surface area contributed by atoms with E-state index in [1.54, 1.807) is 25.1 Å². The van der Waals surface area contributed by atoms with Crippen LogP contribution in [0.2, 0.25) is 0 Å². The minimum Gasteiger partial charge on any atom is -0.461 e. The average molecular weight is 356 g/mol. The highest BCUT2D eigenvalue weighted by Gasteiger charge is 2.08. The first kappa shape index (κ1) is 17.1. The van der Waals surface area contributed by atoms with Crippen LogP contribution in [0.3, 0.4) is 0 Å². The number of nitrogens with one attached hydrogen (secondary N) is 3. The van der Waals surface area contributed by atoms with Crippen molar-refractivity contribution < 1.29 is 4.42 Å². The average Bonchev–Trinajstić information content (AvgIpc) is 3.33. The number of hydrogen-bond acceptors (Lipinski definition) is 5. The fourth-order valence-corrected chi connectivity index (χ4v) is 2.92. The molecule has 0 bridgehead atoms. The maximum absolute atomic E-state index is 5.28. The van der Waals surface area contributed by atoms with E-state index in [2.05, 4.69) is 42.9 Å². The lowest BCUT2D eigenvalue weighted by molar-refractivity contribution is 0.577. The van der Waals surface area contributed by atoms with Crippen LogP contribution in [0, 0.1) is 0 Å². The van der Waals surface area contributed by atoms with Gasteiger partial charge in [0.15, 0.2) is 11.7 Å². The molecule has 0 aliphatic heterocycles. The molecule has 1 aromatic carbocycles. The molecule has 0 saturated carbocycles. The van der Waals surface area contributed by atoms with Gasteiger partial charge in [0.2, 0.25) is 5.82 Å². The zero-order chi connectivity index (χ0) is 17.3. The number of H-pyrrole nitrogens is 1. The summed E-state index contributed by atoms with van der Waals surface area (Å²) >= 11 is 1.80. The van der Waals surface area contributed by atoms with Crippen molar-refractivity contribution in [3.8, 4) is 11.6 Å². The SMILES string of the molecule is CN=C(NCCSc1ccccc1)NCc1nc(-c2ccco2)n[nH]1. The van der Waals surface area contributed by atoms with Crippen LogP contribution in [0.5, 0.6) is 0 Å². The summed E-state index contributed by atoms with van der Waals surface area (Å²) < 4.78 is 5.28. The van der Waals surface area contributed by atoms with Gasteiger partial charge in [-0.1, -0.05) is 18.2 Å². The normalized spacial score (nSPS) is 11.5. The van der Waals surface area contributed by atoms with Gasteiger partial charge in [-0.2, -0.15) is 0 Å². The maximum Gasteiger partial charge on any atom is 0.216 e. The number of furan rings is 1. The van der Waals surface area contributed by atoms with Crippen molar-refractivity contribution in [3.63, 3.8) is 0 Å². The molecule has 7 nitrogen and oxygen atoms in total. The summed E-state index contributed by atoms with van der Waals surface area (Å²) in [5.41, 5.74) is 0. The Morgan fingerprint density at radius 1 is 1.20 bits per heavy atom. The van der Waals surface area contributed by atoms with Crippen molar-refractivity contribution in [3.05, 3.63) is 54.6 Å². The van der Waals surface area contributed by atoms with E-state index in [1.165, 1.54) is 4.90 Å². The molecular formula is C17H20N6OS.